The Morgan fingerprint density at radius 3 is 2.50 bits per heavy atom. The second kappa shape index (κ2) is 9.72. The second-order valence-corrected chi connectivity index (χ2v) is 7.79. The van der Waals surface area contributed by atoms with Crippen molar-refractivity contribution in [3.8, 4) is 17.2 Å². The lowest BCUT2D eigenvalue weighted by molar-refractivity contribution is -0.138. The molecule has 3 aromatic rings. The predicted octanol–water partition coefficient (Wildman–Crippen LogP) is 5.88. The summed E-state index contributed by atoms with van der Waals surface area (Å²) in [5.74, 6) is -0.901. The summed E-state index contributed by atoms with van der Waals surface area (Å²) in [6.07, 6.45) is 3.16. The number of halogens is 1. The van der Waals surface area contributed by atoms with Gasteiger partial charge in [0.2, 0.25) is 0 Å². The van der Waals surface area contributed by atoms with Gasteiger partial charge in [0.15, 0.2) is 11.5 Å². The van der Waals surface area contributed by atoms with Crippen LogP contribution in [0, 0.1) is 0 Å². The Morgan fingerprint density at radius 1 is 1.00 bits per heavy atom. The van der Waals surface area contributed by atoms with Gasteiger partial charge >= 0.3 is 5.97 Å². The number of benzene rings is 3. The van der Waals surface area contributed by atoms with Crippen molar-refractivity contribution in [1.82, 2.24) is 0 Å². The SMILES string of the molecule is C[C@H](C(=O)O)c1ccc2cc(OCCCCCc3c(Cl)ccc(O)c3O)ccc2c1. The Morgan fingerprint density at radius 2 is 1.73 bits per heavy atom. The fourth-order valence-corrected chi connectivity index (χ4v) is 3.60. The zero-order valence-electron chi connectivity index (χ0n) is 16.8. The van der Waals surface area contributed by atoms with Crippen LogP contribution < -0.4 is 4.74 Å². The van der Waals surface area contributed by atoms with E-state index in [0.29, 0.717) is 23.6 Å². The summed E-state index contributed by atoms with van der Waals surface area (Å²) in [5.41, 5.74) is 1.35. The van der Waals surface area contributed by atoms with E-state index in [1.807, 2.05) is 36.4 Å². The number of carboxylic acid groups (broad SMARTS) is 1. The summed E-state index contributed by atoms with van der Waals surface area (Å²) in [5, 5.41) is 31.1. The molecular weight excluding hydrogens is 404 g/mol. The smallest absolute Gasteiger partial charge is 0.310 e. The fraction of sp³-hybridized carbons (Fsp3) is 0.292. The third kappa shape index (κ3) is 5.16. The molecule has 1 atom stereocenters. The first-order chi connectivity index (χ1) is 14.4. The predicted molar refractivity (Wildman–Crippen MR) is 118 cm³/mol. The third-order valence-corrected chi connectivity index (χ3v) is 5.60. The highest BCUT2D eigenvalue weighted by Crippen LogP contribution is 2.35. The maximum Gasteiger partial charge on any atom is 0.310 e. The Bertz CT molecular complexity index is 1050. The lowest BCUT2D eigenvalue weighted by Gasteiger charge is -2.11. The minimum Gasteiger partial charge on any atom is -0.504 e. The molecule has 0 aliphatic carbocycles. The van der Waals surface area contributed by atoms with Crippen molar-refractivity contribution in [1.29, 1.82) is 0 Å². The molecule has 0 aliphatic heterocycles. The van der Waals surface area contributed by atoms with E-state index < -0.39 is 11.9 Å². The number of ether oxygens (including phenoxy) is 1. The normalized spacial score (nSPS) is 12.1. The highest BCUT2D eigenvalue weighted by atomic mass is 35.5. The number of hydrogen-bond acceptors (Lipinski definition) is 4. The number of fused-ring (bicyclic) bond motifs is 1. The molecule has 5 nitrogen and oxygen atoms in total. The van der Waals surface area contributed by atoms with E-state index in [9.17, 15) is 15.0 Å². The van der Waals surface area contributed by atoms with Crippen molar-refractivity contribution in [3.05, 3.63) is 64.7 Å². The first-order valence-corrected chi connectivity index (χ1v) is 10.3. The van der Waals surface area contributed by atoms with Crippen LogP contribution in [0.4, 0.5) is 0 Å². The summed E-state index contributed by atoms with van der Waals surface area (Å²) in [6, 6.07) is 14.4. The van der Waals surface area contributed by atoms with Gasteiger partial charge in [-0.3, -0.25) is 4.79 Å². The zero-order valence-corrected chi connectivity index (χ0v) is 17.5. The minimum absolute atomic E-state index is 0.143. The van der Waals surface area contributed by atoms with Crippen molar-refractivity contribution in [2.75, 3.05) is 6.61 Å². The van der Waals surface area contributed by atoms with Gasteiger partial charge in [0, 0.05) is 10.6 Å². The standard InChI is InChI=1S/C24H25ClO5/c1-15(24(28)29)16-6-7-18-14-19(9-8-17(18)13-16)30-12-4-2-3-5-20-21(25)10-11-22(26)23(20)27/h6-11,13-15,26-27H,2-5,12H2,1H3,(H,28,29)/t15-/m0/s1. The maximum atomic E-state index is 11.2. The quantitative estimate of drug-likeness (QED) is 0.292. The molecule has 0 saturated carbocycles. The average molecular weight is 429 g/mol. The molecule has 3 rings (SSSR count). The van der Waals surface area contributed by atoms with Crippen molar-refractivity contribution < 1.29 is 24.9 Å². The lowest BCUT2D eigenvalue weighted by Crippen LogP contribution is -2.07. The average Bonchev–Trinajstić information content (AvgIpc) is 2.74. The van der Waals surface area contributed by atoms with Crippen LogP contribution in [0.1, 0.15) is 43.2 Å². The number of carboxylic acids is 1. The van der Waals surface area contributed by atoms with Crippen LogP contribution in [0.25, 0.3) is 10.8 Å². The molecule has 3 N–H and O–H groups in total. The van der Waals surface area contributed by atoms with Crippen LogP contribution in [-0.2, 0) is 11.2 Å². The van der Waals surface area contributed by atoms with E-state index >= 15 is 0 Å². The van der Waals surface area contributed by atoms with E-state index in [-0.39, 0.29) is 11.5 Å². The molecule has 0 spiro atoms. The Kier molecular flexibility index (Phi) is 7.06. The number of hydrogen-bond donors (Lipinski definition) is 3. The molecule has 0 unspecified atom stereocenters. The van der Waals surface area contributed by atoms with Crippen LogP contribution >= 0.6 is 11.6 Å². The highest BCUT2D eigenvalue weighted by molar-refractivity contribution is 6.31. The first-order valence-electron chi connectivity index (χ1n) is 9.95. The highest BCUT2D eigenvalue weighted by Gasteiger charge is 2.14. The van der Waals surface area contributed by atoms with Gasteiger partial charge in [0.25, 0.3) is 0 Å². The number of unbranched alkanes of at least 4 members (excludes halogenated alkanes) is 2. The summed E-state index contributed by atoms with van der Waals surface area (Å²) >= 11 is 6.09. The third-order valence-electron chi connectivity index (χ3n) is 5.25. The van der Waals surface area contributed by atoms with Gasteiger partial charge in [-0.1, -0.05) is 35.9 Å². The fourth-order valence-electron chi connectivity index (χ4n) is 3.35. The molecule has 0 aliphatic rings. The molecule has 0 saturated heterocycles. The van der Waals surface area contributed by atoms with Crippen molar-refractivity contribution >= 4 is 28.3 Å². The van der Waals surface area contributed by atoms with Crippen LogP contribution in [0.2, 0.25) is 5.02 Å². The number of carbonyl (C=O) groups is 1. The second-order valence-electron chi connectivity index (χ2n) is 7.38. The van der Waals surface area contributed by atoms with Gasteiger partial charge in [-0.15, -0.1) is 0 Å². The van der Waals surface area contributed by atoms with Gasteiger partial charge in [0.1, 0.15) is 5.75 Å². The lowest BCUT2D eigenvalue weighted by atomic mass is 9.98. The summed E-state index contributed by atoms with van der Waals surface area (Å²) in [4.78, 5) is 11.2. The van der Waals surface area contributed by atoms with E-state index in [0.717, 1.165) is 41.3 Å². The summed E-state index contributed by atoms with van der Waals surface area (Å²) in [7, 11) is 0. The molecule has 0 aromatic heterocycles. The molecule has 0 heterocycles. The molecule has 0 bridgehead atoms. The zero-order chi connectivity index (χ0) is 21.7. The first kappa shape index (κ1) is 21.8. The molecular formula is C24H25ClO5. The van der Waals surface area contributed by atoms with E-state index in [2.05, 4.69) is 0 Å². The van der Waals surface area contributed by atoms with Crippen LogP contribution in [0.15, 0.2) is 48.5 Å². The van der Waals surface area contributed by atoms with Gasteiger partial charge in [-0.2, -0.15) is 0 Å². The van der Waals surface area contributed by atoms with E-state index in [1.165, 1.54) is 6.07 Å². The van der Waals surface area contributed by atoms with Crippen LogP contribution in [-0.4, -0.2) is 27.9 Å². The van der Waals surface area contributed by atoms with E-state index in [4.69, 9.17) is 21.4 Å². The van der Waals surface area contributed by atoms with Gasteiger partial charge in [-0.25, -0.2) is 0 Å². The molecule has 6 heteroatoms. The number of aliphatic carboxylic acids is 1. The van der Waals surface area contributed by atoms with Crippen molar-refractivity contribution in [3.63, 3.8) is 0 Å². The Labute approximate surface area is 180 Å². The van der Waals surface area contributed by atoms with Crippen molar-refractivity contribution in [2.24, 2.45) is 0 Å². The van der Waals surface area contributed by atoms with Crippen molar-refractivity contribution in [2.45, 2.75) is 38.5 Å². The topological polar surface area (TPSA) is 87.0 Å². The Hall–Kier alpha value is -2.92. The summed E-state index contributed by atoms with van der Waals surface area (Å²) < 4.78 is 5.84. The molecule has 0 radical (unpaired) electrons. The maximum absolute atomic E-state index is 11.2. The minimum atomic E-state index is -0.837. The van der Waals surface area contributed by atoms with Gasteiger partial charge in [-0.05, 0) is 73.2 Å². The molecule has 158 valence electrons. The van der Waals surface area contributed by atoms with Gasteiger partial charge in [0.05, 0.1) is 12.5 Å². The largest absolute Gasteiger partial charge is 0.504 e. The summed E-state index contributed by atoms with van der Waals surface area (Å²) in [6.45, 7) is 2.25. The number of aromatic hydroxyl groups is 2. The van der Waals surface area contributed by atoms with Gasteiger partial charge < -0.3 is 20.1 Å². The number of phenolic OH excluding ortho intramolecular Hbond substituents is 2. The Balaban J connectivity index is 1.49. The molecule has 0 amide bonds. The van der Waals surface area contributed by atoms with E-state index in [1.54, 1.807) is 13.0 Å². The molecule has 30 heavy (non-hydrogen) atoms. The molecule has 0 fully saturated rings. The monoisotopic (exact) mass is 428 g/mol. The number of rotatable bonds is 9. The van der Waals surface area contributed by atoms with Crippen LogP contribution in [0.5, 0.6) is 17.2 Å². The number of phenols is 2. The van der Waals surface area contributed by atoms with Crippen LogP contribution in [0.3, 0.4) is 0 Å². The molecule has 3 aromatic carbocycles.